The summed E-state index contributed by atoms with van der Waals surface area (Å²) in [5.74, 6) is 0.410. The summed E-state index contributed by atoms with van der Waals surface area (Å²) in [5.41, 5.74) is 0.711. The van der Waals surface area contributed by atoms with Crippen LogP contribution in [0.5, 0.6) is 0 Å². The van der Waals surface area contributed by atoms with Crippen LogP contribution < -0.4 is 0 Å². The lowest BCUT2D eigenvalue weighted by atomic mass is 9.96. The van der Waals surface area contributed by atoms with Gasteiger partial charge in [-0.25, -0.2) is 9.97 Å². The molecule has 1 heterocycles. The van der Waals surface area contributed by atoms with Crippen LogP contribution in [-0.2, 0) is 5.41 Å². The molecule has 118 valence electrons. The van der Waals surface area contributed by atoms with Gasteiger partial charge in [-0.1, -0.05) is 32.9 Å². The molecule has 0 unspecified atom stereocenters. The first-order chi connectivity index (χ1) is 10.8. The van der Waals surface area contributed by atoms with Gasteiger partial charge in [0.15, 0.2) is 5.78 Å². The van der Waals surface area contributed by atoms with Gasteiger partial charge in [0.1, 0.15) is 5.82 Å². The molecule has 1 aromatic heterocycles. The number of carbonyl (C=O) groups is 1. The molecule has 0 aliphatic heterocycles. The molecule has 0 spiro atoms. The molecule has 0 saturated heterocycles. The molecule has 2 rings (SSSR count). The lowest BCUT2D eigenvalue weighted by Gasteiger charge is -2.15. The predicted molar refractivity (Wildman–Crippen MR) is 87.2 cm³/mol. The zero-order valence-corrected chi connectivity index (χ0v) is 13.2. The summed E-state index contributed by atoms with van der Waals surface area (Å²) >= 11 is 0. The highest BCUT2D eigenvalue weighted by Crippen LogP contribution is 2.18. The first kappa shape index (κ1) is 16.5. The number of rotatable bonds is 4. The van der Waals surface area contributed by atoms with Crippen molar-refractivity contribution in [3.05, 3.63) is 69.8 Å². The molecule has 23 heavy (non-hydrogen) atoms. The van der Waals surface area contributed by atoms with Crippen LogP contribution in [0.2, 0.25) is 0 Å². The Morgan fingerprint density at radius 3 is 2.43 bits per heavy atom. The Balaban J connectivity index is 2.15. The van der Waals surface area contributed by atoms with E-state index in [2.05, 4.69) is 9.97 Å². The monoisotopic (exact) mass is 311 g/mol. The fraction of sp³-hybridized carbons (Fsp3) is 0.235. The molecule has 0 N–H and O–H groups in total. The normalized spacial score (nSPS) is 11.6. The molecule has 6 nitrogen and oxygen atoms in total. The van der Waals surface area contributed by atoms with Gasteiger partial charge in [-0.2, -0.15) is 0 Å². The van der Waals surface area contributed by atoms with Crippen LogP contribution in [0.15, 0.2) is 42.7 Å². The first-order valence-corrected chi connectivity index (χ1v) is 7.07. The molecule has 0 atom stereocenters. The number of aromatic nitrogens is 2. The number of allylic oxidation sites excluding steroid dienone is 1. The van der Waals surface area contributed by atoms with Crippen molar-refractivity contribution in [2.75, 3.05) is 0 Å². The Bertz CT molecular complexity index is 759. The van der Waals surface area contributed by atoms with Crippen LogP contribution in [0.3, 0.4) is 0 Å². The number of ketones is 1. The summed E-state index contributed by atoms with van der Waals surface area (Å²) in [5, 5.41) is 10.7. The van der Waals surface area contributed by atoms with Crippen molar-refractivity contribution in [1.29, 1.82) is 0 Å². The van der Waals surface area contributed by atoms with E-state index in [1.165, 1.54) is 24.3 Å². The number of hydrogen-bond donors (Lipinski definition) is 0. The van der Waals surface area contributed by atoms with Crippen LogP contribution in [0.4, 0.5) is 5.69 Å². The third-order valence-electron chi connectivity index (χ3n) is 3.11. The lowest BCUT2D eigenvalue weighted by molar-refractivity contribution is -0.384. The fourth-order valence-corrected chi connectivity index (χ4v) is 1.85. The van der Waals surface area contributed by atoms with E-state index < -0.39 is 4.92 Å². The zero-order chi connectivity index (χ0) is 17.0. The van der Waals surface area contributed by atoms with Crippen molar-refractivity contribution in [3.63, 3.8) is 0 Å². The second kappa shape index (κ2) is 6.48. The van der Waals surface area contributed by atoms with Crippen molar-refractivity contribution in [1.82, 2.24) is 9.97 Å². The van der Waals surface area contributed by atoms with E-state index in [1.807, 2.05) is 20.8 Å². The second-order valence-electron chi connectivity index (χ2n) is 6.10. The molecule has 0 aliphatic rings. The van der Waals surface area contributed by atoms with Gasteiger partial charge in [-0.3, -0.25) is 14.9 Å². The largest absolute Gasteiger partial charge is 0.289 e. The number of benzene rings is 1. The molecule has 0 radical (unpaired) electrons. The van der Waals surface area contributed by atoms with Gasteiger partial charge in [-0.15, -0.1) is 0 Å². The minimum absolute atomic E-state index is 0.109. The molecular formula is C17H17N3O3. The third-order valence-corrected chi connectivity index (χ3v) is 3.11. The van der Waals surface area contributed by atoms with Gasteiger partial charge < -0.3 is 0 Å². The van der Waals surface area contributed by atoms with Crippen molar-refractivity contribution in [2.24, 2.45) is 0 Å². The Morgan fingerprint density at radius 2 is 1.87 bits per heavy atom. The molecular weight excluding hydrogens is 294 g/mol. The average molecular weight is 311 g/mol. The van der Waals surface area contributed by atoms with E-state index in [0.717, 1.165) is 5.82 Å². The van der Waals surface area contributed by atoms with Gasteiger partial charge in [0, 0.05) is 41.1 Å². The van der Waals surface area contributed by atoms with E-state index in [9.17, 15) is 14.9 Å². The van der Waals surface area contributed by atoms with E-state index in [0.29, 0.717) is 5.56 Å². The Morgan fingerprint density at radius 1 is 1.22 bits per heavy atom. The standard InChI is InChI=1S/C17H17N3O3/c1-17(2,3)16-18-10-12(11-19-16)7-8-15(21)13-5-4-6-14(9-13)20(22)23/h4-11H,1-3H3. The number of non-ortho nitro benzene ring substituents is 1. The Hall–Kier alpha value is -2.89. The van der Waals surface area contributed by atoms with Crippen molar-refractivity contribution in [3.8, 4) is 0 Å². The van der Waals surface area contributed by atoms with E-state index in [1.54, 1.807) is 24.5 Å². The highest BCUT2D eigenvalue weighted by molar-refractivity contribution is 6.07. The molecule has 1 aromatic carbocycles. The van der Waals surface area contributed by atoms with Gasteiger partial charge in [0.05, 0.1) is 4.92 Å². The molecule has 0 bridgehead atoms. The maximum Gasteiger partial charge on any atom is 0.270 e. The Labute approximate surface area is 134 Å². The van der Waals surface area contributed by atoms with Crippen molar-refractivity contribution in [2.45, 2.75) is 26.2 Å². The average Bonchev–Trinajstić information content (AvgIpc) is 2.52. The SMILES string of the molecule is CC(C)(C)c1ncc(C=CC(=O)c2cccc([N+](=O)[O-])c2)cn1. The minimum Gasteiger partial charge on any atom is -0.289 e. The molecule has 6 heteroatoms. The van der Waals surface area contributed by atoms with E-state index in [-0.39, 0.29) is 22.4 Å². The number of hydrogen-bond acceptors (Lipinski definition) is 5. The zero-order valence-electron chi connectivity index (χ0n) is 13.2. The van der Waals surface area contributed by atoms with E-state index >= 15 is 0 Å². The topological polar surface area (TPSA) is 86.0 Å². The number of nitro benzene ring substituents is 1. The summed E-state index contributed by atoms with van der Waals surface area (Å²) in [4.78, 5) is 30.8. The third kappa shape index (κ3) is 4.29. The summed E-state index contributed by atoms with van der Waals surface area (Å²) in [6.07, 6.45) is 6.23. The van der Waals surface area contributed by atoms with Crippen LogP contribution >= 0.6 is 0 Å². The van der Waals surface area contributed by atoms with Crippen molar-refractivity contribution < 1.29 is 9.72 Å². The summed E-state index contributed by atoms with van der Waals surface area (Å²) in [6.45, 7) is 6.05. The number of nitrogens with zero attached hydrogens (tertiary/aromatic N) is 3. The minimum atomic E-state index is -0.528. The quantitative estimate of drug-likeness (QED) is 0.373. The maximum atomic E-state index is 12.1. The van der Waals surface area contributed by atoms with E-state index in [4.69, 9.17) is 0 Å². The van der Waals surface area contributed by atoms with Gasteiger partial charge >= 0.3 is 0 Å². The van der Waals surface area contributed by atoms with Gasteiger partial charge in [0.25, 0.3) is 5.69 Å². The fourth-order valence-electron chi connectivity index (χ4n) is 1.85. The molecule has 0 saturated carbocycles. The molecule has 0 amide bonds. The van der Waals surface area contributed by atoms with Crippen LogP contribution in [0.1, 0.15) is 42.5 Å². The van der Waals surface area contributed by atoms with Crippen LogP contribution in [-0.4, -0.2) is 20.7 Å². The highest BCUT2D eigenvalue weighted by Gasteiger charge is 2.16. The molecule has 2 aromatic rings. The van der Waals surface area contributed by atoms with Crippen molar-refractivity contribution >= 4 is 17.5 Å². The van der Waals surface area contributed by atoms with Crippen LogP contribution in [0.25, 0.3) is 6.08 Å². The summed E-state index contributed by atoms with van der Waals surface area (Å²) in [7, 11) is 0. The smallest absolute Gasteiger partial charge is 0.270 e. The summed E-state index contributed by atoms with van der Waals surface area (Å²) in [6, 6.07) is 5.63. The number of nitro groups is 1. The molecule has 0 fully saturated rings. The molecule has 0 aliphatic carbocycles. The second-order valence-corrected chi connectivity index (χ2v) is 6.10. The lowest BCUT2D eigenvalue weighted by Crippen LogP contribution is -2.15. The maximum absolute atomic E-state index is 12.1. The number of carbonyl (C=O) groups excluding carboxylic acids is 1. The predicted octanol–water partition coefficient (Wildman–Crippen LogP) is 3.58. The highest BCUT2D eigenvalue weighted by atomic mass is 16.6. The summed E-state index contributed by atoms with van der Waals surface area (Å²) < 4.78 is 0. The van der Waals surface area contributed by atoms with Crippen LogP contribution in [0, 0.1) is 10.1 Å². The van der Waals surface area contributed by atoms with Gasteiger partial charge in [0.2, 0.25) is 0 Å². The first-order valence-electron chi connectivity index (χ1n) is 7.07. The Kier molecular flexibility index (Phi) is 4.64. The van der Waals surface area contributed by atoms with Gasteiger partial charge in [-0.05, 0) is 12.2 Å².